The maximum atomic E-state index is 11.5. The highest BCUT2D eigenvalue weighted by molar-refractivity contribution is 14.1. The summed E-state index contributed by atoms with van der Waals surface area (Å²) in [5.74, 6) is -0.806. The van der Waals surface area contributed by atoms with Gasteiger partial charge in [-0.15, -0.1) is 0 Å². The lowest BCUT2D eigenvalue weighted by Gasteiger charge is -2.32. The summed E-state index contributed by atoms with van der Waals surface area (Å²) in [6.45, 7) is 8.09. The Hall–Kier alpha value is -0.330. The molecule has 0 aliphatic heterocycles. The number of carbonyl (C=O) groups is 2. The van der Waals surface area contributed by atoms with E-state index in [0.29, 0.717) is 0 Å². The molecule has 0 aromatic carbocycles. The molecule has 0 radical (unpaired) electrons. The van der Waals surface area contributed by atoms with Crippen LogP contribution in [0, 0.1) is 0 Å². The number of rotatable bonds is 5. The summed E-state index contributed by atoms with van der Waals surface area (Å²) in [5, 5.41) is 2.83. The third-order valence-corrected chi connectivity index (χ3v) is 2.25. The first-order valence-electron chi connectivity index (χ1n) is 5.12. The normalized spacial score (nSPS) is 12.1. The summed E-state index contributed by atoms with van der Waals surface area (Å²) < 4.78 is 4.53. The van der Waals surface area contributed by atoms with Crippen LogP contribution in [0.3, 0.4) is 0 Å². The zero-order valence-electron chi connectivity index (χ0n) is 10.5. The second-order valence-electron chi connectivity index (χ2n) is 5.08. The minimum absolute atomic E-state index is 0.0970. The molecule has 94 valence electrons. The van der Waals surface area contributed by atoms with Crippen molar-refractivity contribution >= 4 is 34.5 Å². The third kappa shape index (κ3) is 7.90. The Morgan fingerprint density at radius 1 is 1.25 bits per heavy atom. The van der Waals surface area contributed by atoms with Crippen molar-refractivity contribution in [1.82, 2.24) is 5.32 Å². The highest BCUT2D eigenvalue weighted by Crippen LogP contribution is 2.28. The van der Waals surface area contributed by atoms with Crippen LogP contribution in [0.4, 0.5) is 0 Å². The zero-order valence-corrected chi connectivity index (χ0v) is 12.7. The maximum absolute atomic E-state index is 11.5. The van der Waals surface area contributed by atoms with Crippen molar-refractivity contribution in [3.05, 3.63) is 0 Å². The van der Waals surface area contributed by atoms with E-state index in [0.717, 1.165) is 6.42 Å². The molecule has 0 bridgehead atoms. The molecule has 1 N–H and O–H groups in total. The fourth-order valence-corrected chi connectivity index (χ4v) is 2.67. The van der Waals surface area contributed by atoms with Crippen LogP contribution in [-0.2, 0) is 14.3 Å². The van der Waals surface area contributed by atoms with Gasteiger partial charge in [-0.2, -0.15) is 0 Å². The molecule has 0 spiro atoms. The third-order valence-electron chi connectivity index (χ3n) is 1.87. The Kier molecular flexibility index (Phi) is 5.72. The predicted octanol–water partition coefficient (Wildman–Crippen LogP) is 2.05. The molecule has 16 heavy (non-hydrogen) atoms. The second kappa shape index (κ2) is 5.84. The average Bonchev–Trinajstić information content (AvgIpc) is 1.97. The van der Waals surface area contributed by atoms with E-state index >= 15 is 0 Å². The molecule has 0 saturated carbocycles. The van der Waals surface area contributed by atoms with Crippen LogP contribution >= 0.6 is 22.6 Å². The van der Waals surface area contributed by atoms with Gasteiger partial charge in [0.1, 0.15) is 6.42 Å². The number of carbonyl (C=O) groups excluding carboxylic acids is 2. The summed E-state index contributed by atoms with van der Waals surface area (Å²) in [7, 11) is 1.27. The first kappa shape index (κ1) is 15.7. The Morgan fingerprint density at radius 2 is 1.75 bits per heavy atom. The molecule has 0 fully saturated rings. The molecule has 5 heteroatoms. The lowest BCUT2D eigenvalue weighted by Crippen LogP contribution is -2.47. The Balaban J connectivity index is 4.26. The molecule has 0 atom stereocenters. The minimum atomic E-state index is -0.512. The van der Waals surface area contributed by atoms with Crippen LogP contribution in [-0.4, -0.2) is 27.9 Å². The average molecular weight is 341 g/mol. The number of methoxy groups -OCH3 is 1. The number of hydrogen-bond donors (Lipinski definition) is 1. The van der Waals surface area contributed by atoms with Crippen molar-refractivity contribution in [3.8, 4) is 0 Å². The van der Waals surface area contributed by atoms with Gasteiger partial charge in [0.05, 0.1) is 7.11 Å². The van der Waals surface area contributed by atoms with Crippen molar-refractivity contribution in [3.63, 3.8) is 0 Å². The van der Waals surface area contributed by atoms with E-state index in [1.165, 1.54) is 7.11 Å². The van der Waals surface area contributed by atoms with Gasteiger partial charge < -0.3 is 10.1 Å². The topological polar surface area (TPSA) is 55.4 Å². The van der Waals surface area contributed by atoms with Gasteiger partial charge in [0.15, 0.2) is 0 Å². The van der Waals surface area contributed by atoms with Gasteiger partial charge in [0, 0.05) is 8.96 Å². The van der Waals surface area contributed by atoms with Crippen molar-refractivity contribution in [2.75, 3.05) is 7.11 Å². The molecule has 0 unspecified atom stereocenters. The van der Waals surface area contributed by atoms with E-state index in [9.17, 15) is 9.59 Å². The van der Waals surface area contributed by atoms with Gasteiger partial charge in [0.2, 0.25) is 5.91 Å². The van der Waals surface area contributed by atoms with Crippen molar-refractivity contribution < 1.29 is 14.3 Å². The summed E-state index contributed by atoms with van der Waals surface area (Å²) >= 11 is 2.34. The largest absolute Gasteiger partial charge is 0.469 e. The standard InChI is InChI=1S/C11H20INO3/c1-10(2,12)7-11(3,4)13-8(14)6-9(15)16-5/h6-7H2,1-5H3,(H,13,14). The van der Waals surface area contributed by atoms with Crippen LogP contribution in [0.5, 0.6) is 0 Å². The van der Waals surface area contributed by atoms with Crippen LogP contribution in [0.1, 0.15) is 40.5 Å². The number of halogens is 1. The van der Waals surface area contributed by atoms with E-state index in [-0.39, 0.29) is 21.3 Å². The number of alkyl halides is 1. The van der Waals surface area contributed by atoms with E-state index in [4.69, 9.17) is 0 Å². The van der Waals surface area contributed by atoms with Crippen molar-refractivity contribution in [2.24, 2.45) is 0 Å². The molecule has 4 nitrogen and oxygen atoms in total. The SMILES string of the molecule is COC(=O)CC(=O)NC(C)(C)CC(C)(C)I. The molecule has 0 rings (SSSR count). The fraction of sp³-hybridized carbons (Fsp3) is 0.818. The highest BCUT2D eigenvalue weighted by atomic mass is 127. The van der Waals surface area contributed by atoms with E-state index in [2.05, 4.69) is 46.5 Å². The molecule has 0 aliphatic rings. The number of ether oxygens (including phenoxy) is 1. The van der Waals surface area contributed by atoms with Gasteiger partial charge >= 0.3 is 5.97 Å². The molecular formula is C11H20INO3. The number of nitrogens with one attached hydrogen (secondary N) is 1. The van der Waals surface area contributed by atoms with Gasteiger partial charge in [-0.25, -0.2) is 0 Å². The summed E-state index contributed by atoms with van der Waals surface area (Å²) in [5.41, 5.74) is -0.324. The van der Waals surface area contributed by atoms with Gasteiger partial charge in [0.25, 0.3) is 0 Å². The van der Waals surface area contributed by atoms with E-state index in [1.54, 1.807) is 0 Å². The smallest absolute Gasteiger partial charge is 0.315 e. The molecule has 0 saturated heterocycles. The summed E-state index contributed by atoms with van der Waals surface area (Å²) in [6, 6.07) is 0. The molecule has 1 amide bonds. The molecule has 0 aliphatic carbocycles. The van der Waals surface area contributed by atoms with E-state index < -0.39 is 5.97 Å². The zero-order chi connectivity index (χ0) is 13.0. The summed E-state index contributed by atoms with van der Waals surface area (Å²) in [6.07, 6.45) is 0.606. The van der Waals surface area contributed by atoms with E-state index in [1.807, 2.05) is 13.8 Å². The number of amides is 1. The molecule has 0 aromatic heterocycles. The maximum Gasteiger partial charge on any atom is 0.315 e. The molecular weight excluding hydrogens is 321 g/mol. The quantitative estimate of drug-likeness (QED) is 0.360. The van der Waals surface area contributed by atoms with Crippen LogP contribution in [0.2, 0.25) is 0 Å². The monoisotopic (exact) mass is 341 g/mol. The predicted molar refractivity (Wildman–Crippen MR) is 71.6 cm³/mol. The highest BCUT2D eigenvalue weighted by Gasteiger charge is 2.28. The lowest BCUT2D eigenvalue weighted by molar-refractivity contribution is -0.144. The van der Waals surface area contributed by atoms with Crippen molar-refractivity contribution in [1.29, 1.82) is 0 Å². The van der Waals surface area contributed by atoms with Crippen LogP contribution in [0.15, 0.2) is 0 Å². The van der Waals surface area contributed by atoms with Gasteiger partial charge in [-0.3, -0.25) is 9.59 Å². The van der Waals surface area contributed by atoms with Crippen LogP contribution < -0.4 is 5.32 Å². The molecule has 0 aromatic rings. The number of esters is 1. The van der Waals surface area contributed by atoms with Gasteiger partial charge in [-0.05, 0) is 20.3 Å². The first-order valence-corrected chi connectivity index (χ1v) is 6.20. The minimum Gasteiger partial charge on any atom is -0.469 e. The van der Waals surface area contributed by atoms with Crippen molar-refractivity contribution in [2.45, 2.75) is 49.5 Å². The second-order valence-corrected chi connectivity index (χ2v) is 8.00. The van der Waals surface area contributed by atoms with Gasteiger partial charge in [-0.1, -0.05) is 36.4 Å². The first-order chi connectivity index (χ1) is 7.06. The molecule has 0 heterocycles. The fourth-order valence-electron chi connectivity index (χ4n) is 1.72. The Bertz CT molecular complexity index is 269. The summed E-state index contributed by atoms with van der Waals surface area (Å²) in [4.78, 5) is 22.4. The van der Waals surface area contributed by atoms with Crippen LogP contribution in [0.25, 0.3) is 0 Å². The number of hydrogen-bond acceptors (Lipinski definition) is 3. The lowest BCUT2D eigenvalue weighted by atomic mass is 9.92. The Morgan fingerprint density at radius 3 is 2.12 bits per heavy atom. The Labute approximate surface area is 111 Å².